The highest BCUT2D eigenvalue weighted by Gasteiger charge is 2.33. The van der Waals surface area contributed by atoms with Gasteiger partial charge in [-0.1, -0.05) is 0 Å². The molecule has 4 heterocycles. The lowest BCUT2D eigenvalue weighted by atomic mass is 10.2. The van der Waals surface area contributed by atoms with Crippen LogP contribution in [0.1, 0.15) is 18.5 Å². The highest BCUT2D eigenvalue weighted by Crippen LogP contribution is 2.32. The first-order valence-electron chi connectivity index (χ1n) is 10.5. The first-order chi connectivity index (χ1) is 15.0. The van der Waals surface area contributed by atoms with Crippen molar-refractivity contribution < 1.29 is 9.35 Å². The highest BCUT2D eigenvalue weighted by molar-refractivity contribution is 7.91. The summed E-state index contributed by atoms with van der Waals surface area (Å²) in [5.74, 6) is 2.93. The van der Waals surface area contributed by atoms with Gasteiger partial charge in [0.15, 0.2) is 5.82 Å². The predicted octanol–water partition coefficient (Wildman–Crippen LogP) is 0.537. The summed E-state index contributed by atoms with van der Waals surface area (Å²) in [7, 11) is 3.51. The third-order valence-electron chi connectivity index (χ3n) is 5.49. The van der Waals surface area contributed by atoms with Crippen molar-refractivity contribution in [1.82, 2.24) is 24.8 Å². The number of nitrogens with zero attached hydrogens (tertiary/aromatic N) is 7. The zero-order valence-corrected chi connectivity index (χ0v) is 18.8. The number of rotatable bonds is 7. The molecule has 0 aromatic carbocycles. The summed E-state index contributed by atoms with van der Waals surface area (Å²) in [6.07, 6.45) is 5.17. The molecule has 1 unspecified atom stereocenters. The smallest absolute Gasteiger partial charge is 0.228 e. The number of hydrogen-bond acceptors (Lipinski definition) is 9. The summed E-state index contributed by atoms with van der Waals surface area (Å²) in [5, 5.41) is 3.31. The fourth-order valence-corrected chi connectivity index (χ4v) is 5.05. The van der Waals surface area contributed by atoms with Crippen LogP contribution in [0.4, 0.5) is 17.6 Å². The summed E-state index contributed by atoms with van der Waals surface area (Å²) in [4.78, 5) is 36.3. The van der Waals surface area contributed by atoms with Gasteiger partial charge in [-0.05, 0) is 23.7 Å². The van der Waals surface area contributed by atoms with Crippen LogP contribution < -0.4 is 15.1 Å². The summed E-state index contributed by atoms with van der Waals surface area (Å²) < 4.78 is 12.5. The minimum atomic E-state index is -1.08. The Morgan fingerprint density at radius 3 is 2.71 bits per heavy atom. The van der Waals surface area contributed by atoms with Crippen LogP contribution in [0.3, 0.4) is 0 Å². The number of amides is 1. The maximum atomic E-state index is 12.5. The maximum Gasteiger partial charge on any atom is 0.228 e. The standard InChI is InChI=1S/C20H28N8O2S/c1-26(2)17(29)4-3-7-22-19-18-15(6-13-31(18)30)24-20(25-19)28-11-9-27(10-12-28)16-5-8-21-14-23-16/h5,8,14H,3-4,6-7,9-13H2,1-2H3,(H,22,24,25). The van der Waals surface area contributed by atoms with Crippen molar-refractivity contribution >= 4 is 34.7 Å². The average Bonchev–Trinajstić information content (AvgIpc) is 3.18. The number of fused-ring (bicyclic) bond motifs is 1. The zero-order chi connectivity index (χ0) is 21.8. The van der Waals surface area contributed by atoms with E-state index in [0.29, 0.717) is 43.3 Å². The molecule has 1 atom stereocenters. The molecule has 166 valence electrons. The Kier molecular flexibility index (Phi) is 6.71. The van der Waals surface area contributed by atoms with E-state index < -0.39 is 11.2 Å². The van der Waals surface area contributed by atoms with Gasteiger partial charge in [-0.25, -0.2) is 15.0 Å². The van der Waals surface area contributed by atoms with Gasteiger partial charge in [-0.15, -0.1) is 0 Å². The van der Waals surface area contributed by atoms with Crippen LogP contribution in [0.15, 0.2) is 23.5 Å². The maximum absolute atomic E-state index is 12.5. The number of piperazine rings is 1. The number of hydrogen-bond donors (Lipinski definition) is 1. The molecule has 0 bridgehead atoms. The molecule has 1 amide bonds. The fraction of sp³-hybridized carbons (Fsp3) is 0.550. The molecule has 2 aromatic heterocycles. The number of aryl methyl sites for hydroxylation is 1. The van der Waals surface area contributed by atoms with Gasteiger partial charge in [-0.3, -0.25) is 4.79 Å². The average molecular weight is 445 g/mol. The van der Waals surface area contributed by atoms with Gasteiger partial charge in [0.05, 0.1) is 0 Å². The van der Waals surface area contributed by atoms with E-state index in [2.05, 4.69) is 25.1 Å². The van der Waals surface area contributed by atoms with Crippen molar-refractivity contribution in [2.45, 2.75) is 24.2 Å². The minimum Gasteiger partial charge on any atom is -0.611 e. The normalized spacial score (nSPS) is 18.1. The van der Waals surface area contributed by atoms with Crippen molar-refractivity contribution in [3.05, 3.63) is 24.3 Å². The third-order valence-corrected chi connectivity index (χ3v) is 6.95. The fourth-order valence-electron chi connectivity index (χ4n) is 3.72. The van der Waals surface area contributed by atoms with Crippen LogP contribution in [0.5, 0.6) is 0 Å². The van der Waals surface area contributed by atoms with Crippen LogP contribution in [0.25, 0.3) is 0 Å². The summed E-state index contributed by atoms with van der Waals surface area (Å²) in [6, 6.07) is 1.92. The Hall–Kier alpha value is -2.66. The lowest BCUT2D eigenvalue weighted by Crippen LogP contribution is -2.47. The first-order valence-corrected chi connectivity index (χ1v) is 11.8. The molecule has 1 N–H and O–H groups in total. The van der Waals surface area contributed by atoms with Gasteiger partial charge in [-0.2, -0.15) is 4.98 Å². The molecule has 2 aliphatic heterocycles. The van der Waals surface area contributed by atoms with Gasteiger partial charge < -0.3 is 24.6 Å². The van der Waals surface area contributed by atoms with Crippen molar-refractivity contribution in [2.75, 3.05) is 67.7 Å². The number of carbonyl (C=O) groups is 1. The molecule has 0 radical (unpaired) electrons. The quantitative estimate of drug-likeness (QED) is 0.483. The van der Waals surface area contributed by atoms with Gasteiger partial charge in [0.2, 0.25) is 16.8 Å². The number of aromatic nitrogens is 4. The second kappa shape index (κ2) is 9.65. The monoisotopic (exact) mass is 444 g/mol. The Bertz CT molecular complexity index is 906. The molecule has 1 saturated heterocycles. The zero-order valence-electron chi connectivity index (χ0n) is 18.0. The first kappa shape index (κ1) is 21.6. The van der Waals surface area contributed by atoms with Crippen molar-refractivity contribution in [1.29, 1.82) is 0 Å². The SMILES string of the molecule is CN(C)C(=O)CCCNc1nc(N2CCN(c3ccncn3)CC2)nc2c1[S+]([O-])CC2. The molecule has 11 heteroatoms. The lowest BCUT2D eigenvalue weighted by Gasteiger charge is -2.35. The molecular weight excluding hydrogens is 416 g/mol. The van der Waals surface area contributed by atoms with Gasteiger partial charge in [0, 0.05) is 65.9 Å². The molecule has 4 rings (SSSR count). The van der Waals surface area contributed by atoms with Crippen LogP contribution >= 0.6 is 0 Å². The Morgan fingerprint density at radius 2 is 2.00 bits per heavy atom. The summed E-state index contributed by atoms with van der Waals surface area (Å²) in [5.41, 5.74) is 0.869. The van der Waals surface area contributed by atoms with Crippen LogP contribution in [-0.2, 0) is 22.4 Å². The Labute approximate surface area is 185 Å². The van der Waals surface area contributed by atoms with Gasteiger partial charge in [0.1, 0.15) is 23.6 Å². The van der Waals surface area contributed by atoms with Crippen LogP contribution in [0.2, 0.25) is 0 Å². The number of carbonyl (C=O) groups excluding carboxylic acids is 1. The molecule has 2 aromatic rings. The van der Waals surface area contributed by atoms with E-state index >= 15 is 0 Å². The lowest BCUT2D eigenvalue weighted by molar-refractivity contribution is -0.128. The van der Waals surface area contributed by atoms with E-state index in [1.54, 1.807) is 31.5 Å². The van der Waals surface area contributed by atoms with E-state index in [9.17, 15) is 9.35 Å². The molecule has 1 fully saturated rings. The molecule has 10 nitrogen and oxygen atoms in total. The number of nitrogens with one attached hydrogen (secondary N) is 1. The topological polar surface area (TPSA) is 113 Å². The molecule has 0 saturated carbocycles. The largest absolute Gasteiger partial charge is 0.611 e. The second-order valence-electron chi connectivity index (χ2n) is 7.81. The Balaban J connectivity index is 1.43. The van der Waals surface area contributed by atoms with Crippen molar-refractivity contribution in [3.63, 3.8) is 0 Å². The highest BCUT2D eigenvalue weighted by atomic mass is 32.2. The number of anilines is 3. The summed E-state index contributed by atoms with van der Waals surface area (Å²) >= 11 is -1.08. The Morgan fingerprint density at radius 1 is 1.23 bits per heavy atom. The van der Waals surface area contributed by atoms with Crippen molar-refractivity contribution in [3.8, 4) is 0 Å². The molecular formula is C20H28N8O2S. The third kappa shape index (κ3) is 4.99. The van der Waals surface area contributed by atoms with E-state index in [-0.39, 0.29) is 5.91 Å². The van der Waals surface area contributed by atoms with Crippen LogP contribution in [0, 0.1) is 0 Å². The minimum absolute atomic E-state index is 0.0977. The van der Waals surface area contributed by atoms with E-state index in [1.165, 1.54) is 0 Å². The molecule has 0 aliphatic carbocycles. The van der Waals surface area contributed by atoms with Crippen molar-refractivity contribution in [2.24, 2.45) is 0 Å². The van der Waals surface area contributed by atoms with Gasteiger partial charge >= 0.3 is 0 Å². The second-order valence-corrected chi connectivity index (χ2v) is 9.32. The van der Waals surface area contributed by atoms with E-state index in [4.69, 9.17) is 9.97 Å². The van der Waals surface area contributed by atoms with E-state index in [1.807, 2.05) is 6.07 Å². The molecule has 2 aliphatic rings. The molecule has 31 heavy (non-hydrogen) atoms. The molecule has 0 spiro atoms. The predicted molar refractivity (Wildman–Crippen MR) is 120 cm³/mol. The van der Waals surface area contributed by atoms with Crippen LogP contribution in [-0.4, -0.2) is 87.9 Å². The van der Waals surface area contributed by atoms with E-state index in [0.717, 1.165) is 42.6 Å². The van der Waals surface area contributed by atoms with Gasteiger partial charge in [0.25, 0.3) is 0 Å². The summed E-state index contributed by atoms with van der Waals surface area (Å²) in [6.45, 7) is 3.80.